The van der Waals surface area contributed by atoms with E-state index in [9.17, 15) is 4.39 Å². The van der Waals surface area contributed by atoms with Gasteiger partial charge in [-0.2, -0.15) is 0 Å². The molecule has 0 unspecified atom stereocenters. The van der Waals surface area contributed by atoms with Gasteiger partial charge in [0.15, 0.2) is 5.82 Å². The van der Waals surface area contributed by atoms with Crippen LogP contribution in [0.5, 0.6) is 0 Å². The average molecular weight is 164 g/mol. The molecule has 60 valence electrons. The van der Waals surface area contributed by atoms with Crippen molar-refractivity contribution in [3.8, 4) is 11.3 Å². The van der Waals surface area contributed by atoms with Crippen LogP contribution in [0, 0.1) is 5.82 Å². The number of halogens is 1. The Kier molecular flexibility index (Phi) is 1.59. The van der Waals surface area contributed by atoms with E-state index in [-0.39, 0.29) is 0 Å². The Hall–Kier alpha value is -1.71. The lowest BCUT2D eigenvalue weighted by molar-refractivity contribution is 0.422. The van der Waals surface area contributed by atoms with Gasteiger partial charge in [-0.3, -0.25) is 4.98 Å². The van der Waals surface area contributed by atoms with Gasteiger partial charge in [-0.25, -0.2) is 4.39 Å². The zero-order valence-electron chi connectivity index (χ0n) is 6.07. The highest BCUT2D eigenvalue weighted by atomic mass is 19.1. The largest absolute Gasteiger partial charge is 0.364 e. The summed E-state index contributed by atoms with van der Waals surface area (Å²) >= 11 is 0. The Morgan fingerprint density at radius 3 is 2.92 bits per heavy atom. The fraction of sp³-hybridized carbons (Fsp3) is 0. The third-order valence-electron chi connectivity index (χ3n) is 1.49. The second-order valence-electron chi connectivity index (χ2n) is 2.24. The molecule has 0 fully saturated rings. The highest BCUT2D eigenvalue weighted by Crippen LogP contribution is 2.18. The summed E-state index contributed by atoms with van der Waals surface area (Å²) in [5, 5.41) is 3.60. The Bertz CT molecular complexity index is 372. The van der Waals surface area contributed by atoms with E-state index in [1.54, 1.807) is 12.1 Å². The predicted molar refractivity (Wildman–Crippen MR) is 39.7 cm³/mol. The zero-order valence-corrected chi connectivity index (χ0v) is 6.07. The second-order valence-corrected chi connectivity index (χ2v) is 2.24. The van der Waals surface area contributed by atoms with Crippen LogP contribution in [0.15, 0.2) is 35.3 Å². The molecular weight excluding hydrogens is 159 g/mol. The summed E-state index contributed by atoms with van der Waals surface area (Å²) in [5.74, 6) is -0.397. The van der Waals surface area contributed by atoms with Gasteiger partial charge in [-0.1, -0.05) is 5.16 Å². The Morgan fingerprint density at radius 2 is 2.25 bits per heavy atom. The molecule has 0 aromatic carbocycles. The summed E-state index contributed by atoms with van der Waals surface area (Å²) in [6.45, 7) is 0. The van der Waals surface area contributed by atoms with E-state index in [1.165, 1.54) is 12.5 Å². The van der Waals surface area contributed by atoms with Crippen molar-refractivity contribution in [2.24, 2.45) is 0 Å². The summed E-state index contributed by atoms with van der Waals surface area (Å²) < 4.78 is 17.6. The average Bonchev–Trinajstić information content (AvgIpc) is 2.57. The monoisotopic (exact) mass is 164 g/mol. The molecule has 0 saturated carbocycles. The fourth-order valence-corrected chi connectivity index (χ4v) is 0.934. The summed E-state index contributed by atoms with van der Waals surface area (Å²) in [7, 11) is 0. The number of rotatable bonds is 1. The molecule has 2 heterocycles. The third-order valence-corrected chi connectivity index (χ3v) is 1.49. The molecule has 2 rings (SSSR count). The van der Waals surface area contributed by atoms with Crippen LogP contribution in [0.2, 0.25) is 0 Å². The molecule has 0 spiro atoms. The molecule has 0 aliphatic heterocycles. The molecule has 0 atom stereocenters. The summed E-state index contributed by atoms with van der Waals surface area (Å²) in [6.07, 6.45) is 4.05. The topological polar surface area (TPSA) is 38.9 Å². The SMILES string of the molecule is Fc1cnccc1-c1ccon1. The molecule has 12 heavy (non-hydrogen) atoms. The van der Waals surface area contributed by atoms with Crippen LogP contribution in [0.4, 0.5) is 4.39 Å². The van der Waals surface area contributed by atoms with Crippen molar-refractivity contribution in [3.63, 3.8) is 0 Å². The quantitative estimate of drug-likeness (QED) is 0.645. The molecule has 2 aromatic rings. The first-order valence-corrected chi connectivity index (χ1v) is 3.38. The minimum Gasteiger partial charge on any atom is -0.364 e. The molecule has 4 heteroatoms. The van der Waals surface area contributed by atoms with E-state index < -0.39 is 5.82 Å². The normalized spacial score (nSPS) is 10.1. The van der Waals surface area contributed by atoms with Crippen molar-refractivity contribution in [2.75, 3.05) is 0 Å². The van der Waals surface area contributed by atoms with Gasteiger partial charge in [0.1, 0.15) is 12.0 Å². The molecule has 0 bridgehead atoms. The first-order chi connectivity index (χ1) is 5.88. The summed E-state index contributed by atoms with van der Waals surface area (Å²) in [4.78, 5) is 3.62. The maximum Gasteiger partial charge on any atom is 0.150 e. The van der Waals surface area contributed by atoms with Crippen LogP contribution >= 0.6 is 0 Å². The highest BCUT2D eigenvalue weighted by molar-refractivity contribution is 5.57. The molecule has 0 aliphatic rings. The number of hydrogen-bond donors (Lipinski definition) is 0. The van der Waals surface area contributed by atoms with Gasteiger partial charge in [0.05, 0.1) is 6.20 Å². The van der Waals surface area contributed by atoms with Crippen molar-refractivity contribution >= 4 is 0 Å². The van der Waals surface area contributed by atoms with Crippen molar-refractivity contribution in [2.45, 2.75) is 0 Å². The molecule has 0 aliphatic carbocycles. The van der Waals surface area contributed by atoms with Crippen molar-refractivity contribution in [1.29, 1.82) is 0 Å². The van der Waals surface area contributed by atoms with E-state index in [2.05, 4.69) is 14.7 Å². The number of aromatic nitrogens is 2. The first-order valence-electron chi connectivity index (χ1n) is 3.38. The fourth-order valence-electron chi connectivity index (χ4n) is 0.934. The van der Waals surface area contributed by atoms with E-state index in [4.69, 9.17) is 0 Å². The van der Waals surface area contributed by atoms with E-state index in [1.807, 2.05) is 0 Å². The predicted octanol–water partition coefficient (Wildman–Crippen LogP) is 1.88. The van der Waals surface area contributed by atoms with Gasteiger partial charge in [0.2, 0.25) is 0 Å². The lowest BCUT2D eigenvalue weighted by atomic mass is 10.2. The van der Waals surface area contributed by atoms with Crippen molar-refractivity contribution in [3.05, 3.63) is 36.6 Å². The van der Waals surface area contributed by atoms with Crippen LogP contribution in [0.25, 0.3) is 11.3 Å². The zero-order chi connectivity index (χ0) is 8.39. The molecular formula is C8H5FN2O. The number of nitrogens with zero attached hydrogens (tertiary/aromatic N) is 2. The molecule has 0 radical (unpaired) electrons. The van der Waals surface area contributed by atoms with Gasteiger partial charge in [0, 0.05) is 17.8 Å². The Balaban J connectivity index is 2.55. The van der Waals surface area contributed by atoms with Crippen LogP contribution < -0.4 is 0 Å². The van der Waals surface area contributed by atoms with Gasteiger partial charge in [-0.15, -0.1) is 0 Å². The number of hydrogen-bond acceptors (Lipinski definition) is 3. The molecule has 2 aromatic heterocycles. The highest BCUT2D eigenvalue weighted by Gasteiger charge is 2.05. The summed E-state index contributed by atoms with van der Waals surface area (Å²) in [5.41, 5.74) is 0.883. The van der Waals surface area contributed by atoms with Crippen molar-refractivity contribution in [1.82, 2.24) is 10.1 Å². The van der Waals surface area contributed by atoms with Gasteiger partial charge < -0.3 is 4.52 Å². The van der Waals surface area contributed by atoms with E-state index in [0.29, 0.717) is 11.3 Å². The lowest BCUT2D eigenvalue weighted by Crippen LogP contribution is -1.84. The minimum atomic E-state index is -0.397. The van der Waals surface area contributed by atoms with Crippen LogP contribution in [-0.4, -0.2) is 10.1 Å². The Morgan fingerprint density at radius 1 is 1.33 bits per heavy atom. The van der Waals surface area contributed by atoms with Gasteiger partial charge >= 0.3 is 0 Å². The lowest BCUT2D eigenvalue weighted by Gasteiger charge is -1.94. The van der Waals surface area contributed by atoms with Crippen LogP contribution in [-0.2, 0) is 0 Å². The maximum atomic E-state index is 13.0. The van der Waals surface area contributed by atoms with E-state index in [0.717, 1.165) is 6.20 Å². The second kappa shape index (κ2) is 2.73. The molecule has 0 saturated heterocycles. The van der Waals surface area contributed by atoms with E-state index >= 15 is 0 Å². The molecule has 0 N–H and O–H groups in total. The van der Waals surface area contributed by atoms with Gasteiger partial charge in [0.25, 0.3) is 0 Å². The van der Waals surface area contributed by atoms with Crippen LogP contribution in [0.1, 0.15) is 0 Å². The minimum absolute atomic E-state index is 0.397. The van der Waals surface area contributed by atoms with Crippen LogP contribution in [0.3, 0.4) is 0 Å². The third kappa shape index (κ3) is 1.07. The van der Waals surface area contributed by atoms with Gasteiger partial charge in [-0.05, 0) is 6.07 Å². The molecule has 3 nitrogen and oxygen atoms in total. The summed E-state index contributed by atoms with van der Waals surface area (Å²) in [6, 6.07) is 3.14. The van der Waals surface area contributed by atoms with Crippen molar-refractivity contribution < 1.29 is 8.91 Å². The standard InChI is InChI=1S/C8H5FN2O/c9-7-5-10-3-1-6(7)8-2-4-12-11-8/h1-5H. The Labute approximate surface area is 67.8 Å². The smallest absolute Gasteiger partial charge is 0.150 e. The maximum absolute atomic E-state index is 13.0. The molecule has 0 amide bonds. The first kappa shape index (κ1) is 6.97. The number of pyridine rings is 1.